The van der Waals surface area contributed by atoms with Gasteiger partial charge >= 0.3 is 0 Å². The van der Waals surface area contributed by atoms with Crippen molar-refractivity contribution < 1.29 is 19.1 Å². The van der Waals surface area contributed by atoms with Gasteiger partial charge in [-0.05, 0) is 42.8 Å². The topological polar surface area (TPSA) is 69.2 Å². The molecule has 0 bridgehead atoms. The SMILES string of the molecule is CCOc1cc(C=NOCC(=O)Nc2ccccc2Cl)ccc1OCc1ccccc1. The van der Waals surface area contributed by atoms with E-state index in [0.29, 0.717) is 35.4 Å². The van der Waals surface area contributed by atoms with Crippen molar-refractivity contribution in [3.63, 3.8) is 0 Å². The summed E-state index contributed by atoms with van der Waals surface area (Å²) in [5, 5.41) is 6.97. The van der Waals surface area contributed by atoms with Crippen molar-refractivity contribution in [1.29, 1.82) is 0 Å². The standard InChI is InChI=1S/C24H23ClN2O4/c1-2-29-23-14-19(12-13-22(23)30-16-18-8-4-3-5-9-18)15-26-31-17-24(28)27-21-11-7-6-10-20(21)25/h3-15H,2,16-17H2,1H3,(H,27,28). The zero-order chi connectivity index (χ0) is 21.9. The molecule has 0 spiro atoms. The number of nitrogens with one attached hydrogen (secondary N) is 1. The molecule has 0 saturated carbocycles. The van der Waals surface area contributed by atoms with Gasteiger partial charge in [0.1, 0.15) is 6.61 Å². The van der Waals surface area contributed by atoms with E-state index in [1.807, 2.05) is 49.4 Å². The van der Waals surface area contributed by atoms with E-state index in [9.17, 15) is 4.79 Å². The lowest BCUT2D eigenvalue weighted by Gasteiger charge is -2.12. The molecule has 0 aliphatic carbocycles. The van der Waals surface area contributed by atoms with Crippen molar-refractivity contribution in [3.05, 3.63) is 88.9 Å². The van der Waals surface area contributed by atoms with Crippen LogP contribution in [0.2, 0.25) is 5.02 Å². The number of hydrogen-bond acceptors (Lipinski definition) is 5. The number of halogens is 1. The Hall–Kier alpha value is -3.51. The number of para-hydroxylation sites is 1. The number of nitrogens with zero attached hydrogens (tertiary/aromatic N) is 1. The predicted octanol–water partition coefficient (Wildman–Crippen LogP) is 5.31. The molecule has 0 heterocycles. The molecule has 0 aromatic heterocycles. The van der Waals surface area contributed by atoms with Gasteiger partial charge in [0, 0.05) is 5.56 Å². The third-order valence-corrected chi connectivity index (χ3v) is 4.45. The Labute approximate surface area is 186 Å². The highest BCUT2D eigenvalue weighted by molar-refractivity contribution is 6.33. The van der Waals surface area contributed by atoms with E-state index in [1.54, 1.807) is 30.3 Å². The van der Waals surface area contributed by atoms with Gasteiger partial charge in [0.15, 0.2) is 18.1 Å². The number of rotatable bonds is 10. The Kier molecular flexibility index (Phi) is 8.31. The molecule has 3 aromatic rings. The van der Waals surface area contributed by atoms with Crippen LogP contribution < -0.4 is 14.8 Å². The highest BCUT2D eigenvalue weighted by Gasteiger charge is 2.08. The normalized spacial score (nSPS) is 10.6. The van der Waals surface area contributed by atoms with Crippen molar-refractivity contribution in [2.24, 2.45) is 5.16 Å². The average molecular weight is 439 g/mol. The monoisotopic (exact) mass is 438 g/mol. The van der Waals surface area contributed by atoms with E-state index < -0.39 is 0 Å². The minimum atomic E-state index is -0.357. The molecule has 0 saturated heterocycles. The number of ether oxygens (including phenoxy) is 2. The van der Waals surface area contributed by atoms with E-state index >= 15 is 0 Å². The molecule has 0 atom stereocenters. The number of carbonyl (C=O) groups excluding carboxylic acids is 1. The molecule has 3 rings (SSSR count). The Morgan fingerprint density at radius 2 is 1.77 bits per heavy atom. The van der Waals surface area contributed by atoms with Crippen LogP contribution in [0.1, 0.15) is 18.1 Å². The molecule has 160 valence electrons. The number of carbonyl (C=O) groups is 1. The molecule has 1 N–H and O–H groups in total. The molecule has 7 heteroatoms. The number of anilines is 1. The van der Waals surface area contributed by atoms with Gasteiger partial charge in [0.05, 0.1) is 23.5 Å². The summed E-state index contributed by atoms with van der Waals surface area (Å²) in [6.45, 7) is 2.61. The third-order valence-electron chi connectivity index (χ3n) is 4.12. The molecule has 0 aliphatic heterocycles. The second-order valence-electron chi connectivity index (χ2n) is 6.45. The summed E-state index contributed by atoms with van der Waals surface area (Å²) < 4.78 is 11.6. The fourth-order valence-corrected chi connectivity index (χ4v) is 2.85. The number of benzene rings is 3. The van der Waals surface area contributed by atoms with Crippen LogP contribution in [0.25, 0.3) is 0 Å². The Morgan fingerprint density at radius 3 is 2.55 bits per heavy atom. The molecule has 31 heavy (non-hydrogen) atoms. The quantitative estimate of drug-likeness (QED) is 0.344. The van der Waals surface area contributed by atoms with Crippen molar-refractivity contribution in [3.8, 4) is 11.5 Å². The maximum atomic E-state index is 11.9. The van der Waals surface area contributed by atoms with Crippen molar-refractivity contribution in [2.45, 2.75) is 13.5 Å². The fraction of sp³-hybridized carbons (Fsp3) is 0.167. The Bertz CT molecular complexity index is 1030. The van der Waals surface area contributed by atoms with E-state index in [1.165, 1.54) is 6.21 Å². The van der Waals surface area contributed by atoms with Crippen LogP contribution in [0, 0.1) is 0 Å². The lowest BCUT2D eigenvalue weighted by molar-refractivity contribution is -0.120. The summed E-state index contributed by atoms with van der Waals surface area (Å²) in [6, 6.07) is 22.3. The second-order valence-corrected chi connectivity index (χ2v) is 6.86. The second kappa shape index (κ2) is 11.6. The maximum Gasteiger partial charge on any atom is 0.265 e. The highest BCUT2D eigenvalue weighted by Crippen LogP contribution is 2.29. The van der Waals surface area contributed by atoms with Crippen LogP contribution in [0.4, 0.5) is 5.69 Å². The van der Waals surface area contributed by atoms with Gasteiger partial charge in [-0.2, -0.15) is 0 Å². The number of hydrogen-bond donors (Lipinski definition) is 1. The van der Waals surface area contributed by atoms with Crippen molar-refractivity contribution in [2.75, 3.05) is 18.5 Å². The summed E-state index contributed by atoms with van der Waals surface area (Å²) in [6.07, 6.45) is 1.51. The maximum absolute atomic E-state index is 11.9. The van der Waals surface area contributed by atoms with Crippen LogP contribution in [-0.4, -0.2) is 25.3 Å². The third kappa shape index (κ3) is 7.04. The number of amides is 1. The fourth-order valence-electron chi connectivity index (χ4n) is 2.67. The average Bonchev–Trinajstić information content (AvgIpc) is 2.79. The molecule has 0 radical (unpaired) electrons. The summed E-state index contributed by atoms with van der Waals surface area (Å²) >= 11 is 6.01. The predicted molar refractivity (Wildman–Crippen MR) is 122 cm³/mol. The van der Waals surface area contributed by atoms with Crippen LogP contribution in [-0.2, 0) is 16.2 Å². The van der Waals surface area contributed by atoms with E-state index in [2.05, 4.69) is 10.5 Å². The molecule has 3 aromatic carbocycles. The van der Waals surface area contributed by atoms with Crippen LogP contribution in [0.15, 0.2) is 78.0 Å². The molecule has 6 nitrogen and oxygen atoms in total. The zero-order valence-electron chi connectivity index (χ0n) is 17.1. The highest BCUT2D eigenvalue weighted by atomic mass is 35.5. The minimum absolute atomic E-state index is 0.238. The minimum Gasteiger partial charge on any atom is -0.490 e. The van der Waals surface area contributed by atoms with Gasteiger partial charge < -0.3 is 19.6 Å². The first-order valence-electron chi connectivity index (χ1n) is 9.79. The van der Waals surface area contributed by atoms with Crippen LogP contribution in [0.3, 0.4) is 0 Å². The van der Waals surface area contributed by atoms with E-state index in [4.69, 9.17) is 25.9 Å². The smallest absolute Gasteiger partial charge is 0.265 e. The summed E-state index contributed by atoms with van der Waals surface area (Å²) in [7, 11) is 0. The van der Waals surface area contributed by atoms with E-state index in [-0.39, 0.29) is 12.5 Å². The van der Waals surface area contributed by atoms with Gasteiger partial charge in [-0.25, -0.2) is 0 Å². The van der Waals surface area contributed by atoms with Gasteiger partial charge in [-0.1, -0.05) is 59.2 Å². The largest absolute Gasteiger partial charge is 0.490 e. The Morgan fingerprint density at radius 1 is 1.00 bits per heavy atom. The molecular formula is C24H23ClN2O4. The Balaban J connectivity index is 1.54. The van der Waals surface area contributed by atoms with Crippen molar-refractivity contribution >= 4 is 29.4 Å². The molecule has 1 amide bonds. The molecule has 0 fully saturated rings. The molecular weight excluding hydrogens is 416 g/mol. The first-order valence-corrected chi connectivity index (χ1v) is 10.2. The van der Waals surface area contributed by atoms with Crippen LogP contribution >= 0.6 is 11.6 Å². The van der Waals surface area contributed by atoms with Crippen LogP contribution in [0.5, 0.6) is 11.5 Å². The van der Waals surface area contributed by atoms with Gasteiger partial charge in [0.2, 0.25) is 0 Å². The van der Waals surface area contributed by atoms with Gasteiger partial charge in [-0.3, -0.25) is 4.79 Å². The zero-order valence-corrected chi connectivity index (χ0v) is 17.8. The van der Waals surface area contributed by atoms with E-state index in [0.717, 1.165) is 11.1 Å². The summed E-state index contributed by atoms with van der Waals surface area (Å²) in [5.41, 5.74) is 2.34. The van der Waals surface area contributed by atoms with Gasteiger partial charge in [0.25, 0.3) is 5.91 Å². The first kappa shape index (κ1) is 22.2. The molecule has 0 aliphatic rings. The van der Waals surface area contributed by atoms with Crippen molar-refractivity contribution in [1.82, 2.24) is 0 Å². The lowest BCUT2D eigenvalue weighted by Crippen LogP contribution is -2.17. The number of oxime groups is 1. The lowest BCUT2D eigenvalue weighted by atomic mass is 10.2. The summed E-state index contributed by atoms with van der Waals surface area (Å²) in [4.78, 5) is 17.0. The first-order chi connectivity index (χ1) is 15.2. The summed E-state index contributed by atoms with van der Waals surface area (Å²) in [5.74, 6) is 0.895. The molecule has 0 unspecified atom stereocenters. The van der Waals surface area contributed by atoms with Gasteiger partial charge in [-0.15, -0.1) is 0 Å².